The van der Waals surface area contributed by atoms with Crippen LogP contribution in [-0.4, -0.2) is 5.11 Å². The SMILES string of the molecule is Cc1ccc(CC(O)c2csc3ccccc23)cc1. The van der Waals surface area contributed by atoms with Crippen molar-refractivity contribution in [2.75, 3.05) is 0 Å². The molecule has 1 aromatic heterocycles. The highest BCUT2D eigenvalue weighted by Gasteiger charge is 2.13. The highest BCUT2D eigenvalue weighted by Crippen LogP contribution is 2.31. The minimum Gasteiger partial charge on any atom is -0.388 e. The molecule has 0 fully saturated rings. The summed E-state index contributed by atoms with van der Waals surface area (Å²) in [6, 6.07) is 16.6. The second-order valence-corrected chi connectivity index (χ2v) is 5.80. The minimum absolute atomic E-state index is 0.432. The van der Waals surface area contributed by atoms with Gasteiger partial charge in [0.1, 0.15) is 0 Å². The second-order valence-electron chi connectivity index (χ2n) is 4.89. The summed E-state index contributed by atoms with van der Waals surface area (Å²) in [4.78, 5) is 0. The first-order chi connectivity index (χ1) is 9.24. The van der Waals surface area contributed by atoms with Gasteiger partial charge in [0.05, 0.1) is 6.10 Å². The molecular formula is C17H16OS. The molecule has 0 bridgehead atoms. The molecule has 0 aliphatic carbocycles. The Morgan fingerprint density at radius 3 is 2.58 bits per heavy atom. The summed E-state index contributed by atoms with van der Waals surface area (Å²) in [7, 11) is 0. The Morgan fingerprint density at radius 1 is 1.05 bits per heavy atom. The van der Waals surface area contributed by atoms with Crippen molar-refractivity contribution in [1.29, 1.82) is 0 Å². The van der Waals surface area contributed by atoms with Gasteiger partial charge in [-0.25, -0.2) is 0 Å². The fraction of sp³-hybridized carbons (Fsp3) is 0.176. The second kappa shape index (κ2) is 5.16. The van der Waals surface area contributed by atoms with E-state index in [4.69, 9.17) is 0 Å². The predicted molar refractivity (Wildman–Crippen MR) is 81.7 cm³/mol. The number of rotatable bonds is 3. The molecule has 1 N–H and O–H groups in total. The van der Waals surface area contributed by atoms with Crippen molar-refractivity contribution in [2.45, 2.75) is 19.4 Å². The van der Waals surface area contributed by atoms with Gasteiger partial charge in [0.2, 0.25) is 0 Å². The van der Waals surface area contributed by atoms with E-state index in [-0.39, 0.29) is 0 Å². The average Bonchev–Trinajstić information content (AvgIpc) is 2.85. The Balaban J connectivity index is 1.87. The van der Waals surface area contributed by atoms with E-state index in [1.54, 1.807) is 11.3 Å². The van der Waals surface area contributed by atoms with Crippen molar-refractivity contribution >= 4 is 21.4 Å². The zero-order valence-electron chi connectivity index (χ0n) is 10.8. The topological polar surface area (TPSA) is 20.2 Å². The van der Waals surface area contributed by atoms with Crippen molar-refractivity contribution in [2.24, 2.45) is 0 Å². The number of thiophene rings is 1. The molecule has 0 saturated carbocycles. The maximum Gasteiger partial charge on any atom is 0.0844 e. The van der Waals surface area contributed by atoms with Crippen LogP contribution >= 0.6 is 11.3 Å². The Morgan fingerprint density at radius 2 is 1.79 bits per heavy atom. The van der Waals surface area contributed by atoms with E-state index in [1.807, 2.05) is 12.1 Å². The van der Waals surface area contributed by atoms with E-state index < -0.39 is 6.10 Å². The maximum absolute atomic E-state index is 10.4. The first kappa shape index (κ1) is 12.4. The number of hydrogen-bond acceptors (Lipinski definition) is 2. The predicted octanol–water partition coefficient (Wildman–Crippen LogP) is 4.49. The molecule has 2 aromatic carbocycles. The van der Waals surface area contributed by atoms with Crippen molar-refractivity contribution in [1.82, 2.24) is 0 Å². The summed E-state index contributed by atoms with van der Waals surface area (Å²) in [6.07, 6.45) is 0.236. The van der Waals surface area contributed by atoms with Gasteiger partial charge >= 0.3 is 0 Å². The van der Waals surface area contributed by atoms with Crippen LogP contribution in [0.2, 0.25) is 0 Å². The largest absolute Gasteiger partial charge is 0.388 e. The van der Waals surface area contributed by atoms with Crippen LogP contribution in [0.5, 0.6) is 0 Å². The third-order valence-corrected chi connectivity index (χ3v) is 4.40. The van der Waals surface area contributed by atoms with E-state index in [0.717, 1.165) is 5.56 Å². The van der Waals surface area contributed by atoms with Gasteiger partial charge in [0.15, 0.2) is 0 Å². The summed E-state index contributed by atoms with van der Waals surface area (Å²) in [6.45, 7) is 2.08. The van der Waals surface area contributed by atoms with Crippen LogP contribution in [0.3, 0.4) is 0 Å². The molecule has 1 nitrogen and oxygen atoms in total. The number of aryl methyl sites for hydroxylation is 1. The molecule has 0 aliphatic rings. The van der Waals surface area contributed by atoms with Gasteiger partial charge < -0.3 is 5.11 Å². The van der Waals surface area contributed by atoms with Crippen LogP contribution in [0.15, 0.2) is 53.9 Å². The van der Waals surface area contributed by atoms with Crippen molar-refractivity contribution in [3.8, 4) is 0 Å². The van der Waals surface area contributed by atoms with Gasteiger partial charge in [0.25, 0.3) is 0 Å². The molecule has 3 aromatic rings. The van der Waals surface area contributed by atoms with E-state index >= 15 is 0 Å². The number of hydrogen-bond donors (Lipinski definition) is 1. The first-order valence-electron chi connectivity index (χ1n) is 6.44. The average molecular weight is 268 g/mol. The molecule has 3 rings (SSSR count). The van der Waals surface area contributed by atoms with E-state index in [9.17, 15) is 5.11 Å². The summed E-state index contributed by atoms with van der Waals surface area (Å²) >= 11 is 1.70. The lowest BCUT2D eigenvalue weighted by Crippen LogP contribution is -2.00. The van der Waals surface area contributed by atoms with Crippen LogP contribution in [0, 0.1) is 6.92 Å². The van der Waals surface area contributed by atoms with Gasteiger partial charge in [0, 0.05) is 11.1 Å². The molecule has 1 heterocycles. The lowest BCUT2D eigenvalue weighted by molar-refractivity contribution is 0.180. The van der Waals surface area contributed by atoms with E-state index in [0.29, 0.717) is 6.42 Å². The van der Waals surface area contributed by atoms with Crippen LogP contribution < -0.4 is 0 Å². The number of aliphatic hydroxyl groups excluding tert-OH is 1. The zero-order valence-corrected chi connectivity index (χ0v) is 11.7. The lowest BCUT2D eigenvalue weighted by Gasteiger charge is -2.10. The quantitative estimate of drug-likeness (QED) is 0.742. The molecule has 0 aliphatic heterocycles. The van der Waals surface area contributed by atoms with E-state index in [1.165, 1.54) is 21.2 Å². The van der Waals surface area contributed by atoms with Crippen molar-refractivity contribution in [3.05, 3.63) is 70.6 Å². The number of fused-ring (bicyclic) bond motifs is 1. The molecule has 19 heavy (non-hydrogen) atoms. The fourth-order valence-electron chi connectivity index (χ4n) is 2.31. The smallest absolute Gasteiger partial charge is 0.0844 e. The van der Waals surface area contributed by atoms with Gasteiger partial charge in [-0.1, -0.05) is 48.0 Å². The maximum atomic E-state index is 10.4. The normalized spacial score (nSPS) is 12.7. The van der Waals surface area contributed by atoms with Crippen LogP contribution in [0.1, 0.15) is 22.8 Å². The highest BCUT2D eigenvalue weighted by atomic mass is 32.1. The van der Waals surface area contributed by atoms with Gasteiger partial charge in [-0.3, -0.25) is 0 Å². The fourth-order valence-corrected chi connectivity index (χ4v) is 3.32. The van der Waals surface area contributed by atoms with Gasteiger partial charge in [-0.15, -0.1) is 11.3 Å². The third kappa shape index (κ3) is 2.55. The molecule has 0 radical (unpaired) electrons. The molecule has 0 saturated heterocycles. The van der Waals surface area contributed by atoms with Crippen LogP contribution in [0.25, 0.3) is 10.1 Å². The minimum atomic E-state index is -0.432. The number of benzene rings is 2. The number of aliphatic hydroxyl groups is 1. The molecule has 1 unspecified atom stereocenters. The van der Waals surface area contributed by atoms with Crippen molar-refractivity contribution < 1.29 is 5.11 Å². The van der Waals surface area contributed by atoms with Gasteiger partial charge in [-0.2, -0.15) is 0 Å². The monoisotopic (exact) mass is 268 g/mol. The molecule has 1 atom stereocenters. The molecule has 0 spiro atoms. The summed E-state index contributed by atoms with van der Waals surface area (Å²) < 4.78 is 1.24. The van der Waals surface area contributed by atoms with E-state index in [2.05, 4.69) is 48.7 Å². The Hall–Kier alpha value is -1.64. The highest BCUT2D eigenvalue weighted by molar-refractivity contribution is 7.17. The molecule has 0 amide bonds. The third-order valence-electron chi connectivity index (χ3n) is 3.42. The van der Waals surface area contributed by atoms with Crippen LogP contribution in [-0.2, 0) is 6.42 Å². The zero-order chi connectivity index (χ0) is 13.2. The first-order valence-corrected chi connectivity index (χ1v) is 7.32. The standard InChI is InChI=1S/C17H16OS/c1-12-6-8-13(9-7-12)10-16(18)15-11-19-17-5-3-2-4-14(15)17/h2-9,11,16,18H,10H2,1H3. The Bertz CT molecular complexity index is 682. The Labute approximate surface area is 117 Å². The molecule has 2 heteroatoms. The molecular weight excluding hydrogens is 252 g/mol. The summed E-state index contributed by atoms with van der Waals surface area (Å²) in [5, 5.41) is 13.7. The van der Waals surface area contributed by atoms with Crippen molar-refractivity contribution in [3.63, 3.8) is 0 Å². The van der Waals surface area contributed by atoms with Crippen LogP contribution in [0.4, 0.5) is 0 Å². The molecule has 96 valence electrons. The van der Waals surface area contributed by atoms with Gasteiger partial charge in [-0.05, 0) is 34.9 Å². The summed E-state index contributed by atoms with van der Waals surface area (Å²) in [5.41, 5.74) is 3.47. The Kier molecular flexibility index (Phi) is 3.36. The summed E-state index contributed by atoms with van der Waals surface area (Å²) in [5.74, 6) is 0. The lowest BCUT2D eigenvalue weighted by atomic mass is 10.0.